The largest absolute Gasteiger partial charge is 0.481 e. The molecule has 8 amide bonds. The van der Waals surface area contributed by atoms with E-state index in [1.807, 2.05) is 0 Å². The Balaban J connectivity index is 6.81. The SMILES string of the molecule is CC(C)[C@H](NC(=O)[C@H](CCC(=O)O)NC(=O)[C@H](C)NC(=O)[C@H](CCCN=C(N)N)NC(=O)[C@H](CCCN=C(N)N)NC(=O)[C@H](CCC(=O)O)NC(=O)[C@@H](NC(=O)[C@@H](NC(=O)[C@@H](N)CCCN=C(N)N)C(C)C)[C@@H](C)O)C(=O)O. The van der Waals surface area contributed by atoms with E-state index in [0.717, 1.165) is 6.92 Å². The fourth-order valence-corrected chi connectivity index (χ4v) is 6.96. The van der Waals surface area contributed by atoms with Gasteiger partial charge in [-0.25, -0.2) is 4.79 Å². The zero-order valence-electron chi connectivity index (χ0n) is 44.8. The van der Waals surface area contributed by atoms with Gasteiger partial charge in [-0.3, -0.25) is 62.9 Å². The number of carbonyl (C=O) groups is 11. The highest BCUT2D eigenvalue weighted by atomic mass is 16.4. The fraction of sp³-hybridized carbons (Fsp3) is 0.689. The predicted octanol–water partition coefficient (Wildman–Crippen LogP) is -7.12. The van der Waals surface area contributed by atoms with Crippen LogP contribution in [-0.4, -0.2) is 184 Å². The van der Waals surface area contributed by atoms with Gasteiger partial charge in [0, 0.05) is 32.5 Å². The minimum absolute atomic E-state index is 0.00542. The van der Waals surface area contributed by atoms with E-state index < -0.39 is 163 Å². The number of amides is 8. The average molecular weight is 1120 g/mol. The Bertz CT molecular complexity index is 2150. The molecule has 0 heterocycles. The molecule has 0 saturated carbocycles. The van der Waals surface area contributed by atoms with Crippen molar-refractivity contribution in [3.05, 3.63) is 0 Å². The topological polar surface area (TPSA) is 584 Å². The van der Waals surface area contributed by atoms with Crippen molar-refractivity contribution in [3.8, 4) is 0 Å². The van der Waals surface area contributed by atoms with Crippen molar-refractivity contribution >= 4 is 83.0 Å². The van der Waals surface area contributed by atoms with Crippen LogP contribution in [0.4, 0.5) is 0 Å². The molecule has 26 N–H and O–H groups in total. The molecule has 78 heavy (non-hydrogen) atoms. The van der Waals surface area contributed by atoms with Crippen LogP contribution in [0.25, 0.3) is 0 Å². The van der Waals surface area contributed by atoms with Gasteiger partial charge in [0.1, 0.15) is 48.3 Å². The summed E-state index contributed by atoms with van der Waals surface area (Å²) in [6.07, 6.45) is -4.09. The van der Waals surface area contributed by atoms with Gasteiger partial charge in [-0.05, 0) is 77.0 Å². The Labute approximate surface area is 450 Å². The monoisotopic (exact) mass is 1110 g/mol. The van der Waals surface area contributed by atoms with Crippen molar-refractivity contribution in [1.82, 2.24) is 42.5 Å². The Morgan fingerprint density at radius 3 is 1.09 bits per heavy atom. The number of hydrogen-bond acceptors (Lipinski definition) is 16. The van der Waals surface area contributed by atoms with E-state index in [1.165, 1.54) is 20.8 Å². The van der Waals surface area contributed by atoms with E-state index in [0.29, 0.717) is 6.42 Å². The lowest BCUT2D eigenvalue weighted by atomic mass is 10.0. The molecule has 0 aromatic rings. The fourth-order valence-electron chi connectivity index (χ4n) is 6.96. The van der Waals surface area contributed by atoms with Crippen LogP contribution in [0.1, 0.15) is 106 Å². The Morgan fingerprint density at radius 1 is 0.397 bits per heavy atom. The minimum Gasteiger partial charge on any atom is -0.481 e. The summed E-state index contributed by atoms with van der Waals surface area (Å²) < 4.78 is 0. The van der Waals surface area contributed by atoms with E-state index in [1.54, 1.807) is 13.8 Å². The van der Waals surface area contributed by atoms with E-state index in [-0.39, 0.29) is 69.6 Å². The number of aliphatic hydroxyl groups is 1. The van der Waals surface area contributed by atoms with Crippen molar-refractivity contribution in [2.75, 3.05) is 19.6 Å². The molecule has 0 aliphatic rings. The second kappa shape index (κ2) is 36.0. The standard InChI is InChI=1S/C45H82N18O15/c1-20(2)31(61-35(70)24(46)10-7-17-53-43(47)48)40(75)63-33(23(6)64)41(76)60-27(13-15-29(65)66)38(73)59-26(12-9-19-55-45(51)52)37(72)58-25(11-8-18-54-44(49)50)36(71)56-22(5)34(69)57-28(14-16-30(67)68)39(74)62-32(21(3)4)42(77)78/h20-28,31-33,64H,7-19,46H2,1-6H3,(H,56,71)(H,57,69)(H,58,72)(H,59,73)(H,60,76)(H,61,70)(H,62,74)(H,63,75)(H,65,66)(H,67,68)(H,77,78)(H4,47,48,53)(H4,49,50,54)(H4,51,52,55)/t22-,23+,24-,25-,26-,27-,28-,31-,32-,33-/m0/s1. The van der Waals surface area contributed by atoms with Gasteiger partial charge in [0.2, 0.25) is 47.3 Å². The minimum atomic E-state index is -1.81. The summed E-state index contributed by atoms with van der Waals surface area (Å²) >= 11 is 0. The van der Waals surface area contributed by atoms with E-state index in [2.05, 4.69) is 57.5 Å². The molecule has 0 radical (unpaired) electrons. The van der Waals surface area contributed by atoms with Crippen LogP contribution in [-0.2, 0) is 52.7 Å². The maximum absolute atomic E-state index is 14.2. The van der Waals surface area contributed by atoms with Crippen molar-refractivity contribution in [3.63, 3.8) is 0 Å². The van der Waals surface area contributed by atoms with Gasteiger partial charge in [-0.15, -0.1) is 0 Å². The molecule has 0 aliphatic heterocycles. The van der Waals surface area contributed by atoms with Gasteiger partial charge in [0.15, 0.2) is 17.9 Å². The first-order valence-corrected chi connectivity index (χ1v) is 25.0. The number of hydrogen-bond donors (Lipinski definition) is 19. The van der Waals surface area contributed by atoms with Crippen LogP contribution >= 0.6 is 0 Å². The summed E-state index contributed by atoms with van der Waals surface area (Å²) in [5.74, 6) is -14.2. The van der Waals surface area contributed by atoms with Crippen LogP contribution < -0.4 is 82.7 Å². The quantitative estimate of drug-likeness (QED) is 0.0155. The Kier molecular flexibility index (Phi) is 32.3. The zero-order chi connectivity index (χ0) is 60.0. The maximum Gasteiger partial charge on any atom is 0.326 e. The molecular weight excluding hydrogens is 1030 g/mol. The number of carboxylic acids is 3. The highest BCUT2D eigenvalue weighted by Gasteiger charge is 2.36. The summed E-state index contributed by atoms with van der Waals surface area (Å²) in [5, 5.41) is 58.2. The molecule has 10 atom stereocenters. The van der Waals surface area contributed by atoms with Crippen molar-refractivity contribution in [2.45, 2.75) is 166 Å². The van der Waals surface area contributed by atoms with Gasteiger partial charge < -0.3 is 103 Å². The van der Waals surface area contributed by atoms with Crippen LogP contribution in [0.5, 0.6) is 0 Å². The number of nitrogens with zero attached hydrogens (tertiary/aromatic N) is 3. The third-order valence-electron chi connectivity index (χ3n) is 11.3. The van der Waals surface area contributed by atoms with E-state index >= 15 is 0 Å². The second-order valence-corrected chi connectivity index (χ2v) is 18.8. The third-order valence-corrected chi connectivity index (χ3v) is 11.3. The van der Waals surface area contributed by atoms with E-state index in [9.17, 15) is 73.2 Å². The third kappa shape index (κ3) is 28.7. The van der Waals surface area contributed by atoms with Crippen molar-refractivity contribution in [1.29, 1.82) is 0 Å². The molecule has 33 heteroatoms. The van der Waals surface area contributed by atoms with E-state index in [4.69, 9.17) is 40.1 Å². The van der Waals surface area contributed by atoms with Crippen molar-refractivity contribution in [2.24, 2.45) is 66.9 Å². The van der Waals surface area contributed by atoms with Crippen LogP contribution in [0.2, 0.25) is 0 Å². The lowest BCUT2D eigenvalue weighted by molar-refractivity contribution is -0.144. The number of carbonyl (C=O) groups excluding carboxylic acids is 8. The van der Waals surface area contributed by atoms with Gasteiger partial charge in [-0.2, -0.15) is 0 Å². The van der Waals surface area contributed by atoms with Gasteiger partial charge in [0.25, 0.3) is 0 Å². The summed E-state index contributed by atoms with van der Waals surface area (Å²) in [6.45, 7) is 8.52. The summed E-state index contributed by atoms with van der Waals surface area (Å²) in [4.78, 5) is 156. The van der Waals surface area contributed by atoms with Gasteiger partial charge >= 0.3 is 17.9 Å². The number of nitrogens with two attached hydrogens (primary N) is 7. The zero-order valence-corrected chi connectivity index (χ0v) is 44.8. The second-order valence-electron chi connectivity index (χ2n) is 18.8. The van der Waals surface area contributed by atoms with Gasteiger partial charge in [0.05, 0.1) is 12.1 Å². The molecule has 442 valence electrons. The first-order valence-electron chi connectivity index (χ1n) is 25.0. The first kappa shape index (κ1) is 69.9. The number of rotatable bonds is 38. The number of aliphatic carboxylic acids is 3. The normalized spacial score (nSPS) is 14.8. The molecule has 0 aromatic heterocycles. The smallest absolute Gasteiger partial charge is 0.326 e. The molecule has 0 aromatic carbocycles. The summed E-state index contributed by atoms with van der Waals surface area (Å²) in [7, 11) is 0. The summed E-state index contributed by atoms with van der Waals surface area (Å²) in [5.41, 5.74) is 38.4. The molecule has 0 unspecified atom stereocenters. The number of nitrogens with one attached hydrogen (secondary N) is 8. The molecule has 0 rings (SSSR count). The van der Waals surface area contributed by atoms with Gasteiger partial charge in [-0.1, -0.05) is 27.7 Å². The lowest BCUT2D eigenvalue weighted by Crippen LogP contribution is -2.62. The number of carboxylic acid groups (broad SMARTS) is 3. The first-order chi connectivity index (χ1) is 36.3. The molecule has 0 aliphatic carbocycles. The number of aliphatic hydroxyl groups excluding tert-OH is 1. The molecular formula is C45H82N18O15. The van der Waals surface area contributed by atoms with Crippen LogP contribution in [0, 0.1) is 11.8 Å². The number of guanidine groups is 3. The molecule has 33 nitrogen and oxygen atoms in total. The molecule has 0 spiro atoms. The highest BCUT2D eigenvalue weighted by Crippen LogP contribution is 2.11. The molecule has 0 saturated heterocycles. The number of aliphatic imine (C=N–C) groups is 3. The molecule has 0 bridgehead atoms. The summed E-state index contributed by atoms with van der Waals surface area (Å²) in [6, 6.07) is -13.6. The van der Waals surface area contributed by atoms with Crippen LogP contribution in [0.3, 0.4) is 0 Å². The lowest BCUT2D eigenvalue weighted by Gasteiger charge is -2.29. The van der Waals surface area contributed by atoms with Crippen molar-refractivity contribution < 1.29 is 73.2 Å². The molecule has 0 fully saturated rings. The Morgan fingerprint density at radius 2 is 0.718 bits per heavy atom. The highest BCUT2D eigenvalue weighted by molar-refractivity contribution is 5.98. The Hall–Kier alpha value is -8.10. The maximum atomic E-state index is 14.2. The van der Waals surface area contributed by atoms with Crippen LogP contribution in [0.15, 0.2) is 15.0 Å². The average Bonchev–Trinajstić information content (AvgIpc) is 3.33. The predicted molar refractivity (Wildman–Crippen MR) is 282 cm³/mol.